The van der Waals surface area contributed by atoms with Gasteiger partial charge in [-0.25, -0.2) is 19.0 Å². The molecule has 220 valence electrons. The Morgan fingerprint density at radius 2 is 1.60 bits per heavy atom. The monoisotopic (exact) mass is 600 g/mol. The number of aromatic carboxylic acids is 1. The van der Waals surface area contributed by atoms with Crippen molar-refractivity contribution in [2.45, 2.75) is 50.5 Å². The summed E-state index contributed by atoms with van der Waals surface area (Å²) in [4.78, 5) is 25.8. The van der Waals surface area contributed by atoms with Crippen LogP contribution in [-0.2, 0) is 17.5 Å². The number of aromatic nitrogens is 1. The number of carboxylic acid groups (broad SMARTS) is 2. The number of rotatable bonds is 7. The van der Waals surface area contributed by atoms with Crippen molar-refractivity contribution in [3.63, 3.8) is 0 Å². The Labute approximate surface area is 228 Å². The number of carbonyl (C=O) groups is 2. The number of pyridine rings is 1. The molecule has 0 bridgehead atoms. The normalized spacial score (nSPS) is 16.7. The van der Waals surface area contributed by atoms with E-state index >= 15 is 0 Å². The Kier molecular flexibility index (Phi) is 9.88. The van der Waals surface area contributed by atoms with Gasteiger partial charge in [0.1, 0.15) is 17.3 Å². The summed E-state index contributed by atoms with van der Waals surface area (Å²) in [5.74, 6) is -4.08. The minimum atomic E-state index is -5.08. The van der Waals surface area contributed by atoms with Crippen LogP contribution in [0.2, 0.25) is 5.02 Å². The van der Waals surface area contributed by atoms with Crippen molar-refractivity contribution in [1.29, 1.82) is 0 Å². The Hall–Kier alpha value is -3.13. The first kappa shape index (κ1) is 31.4. The Morgan fingerprint density at radius 3 is 2.10 bits per heavy atom. The van der Waals surface area contributed by atoms with Crippen LogP contribution in [0.1, 0.15) is 58.9 Å². The second-order valence-corrected chi connectivity index (χ2v) is 9.88. The second kappa shape index (κ2) is 12.6. The van der Waals surface area contributed by atoms with Gasteiger partial charge in [-0.3, -0.25) is 4.90 Å². The van der Waals surface area contributed by atoms with E-state index in [4.69, 9.17) is 31.3 Å². The number of carboxylic acids is 2. The van der Waals surface area contributed by atoms with Gasteiger partial charge in [0.25, 0.3) is 0 Å². The Bertz CT molecular complexity index is 1230. The molecule has 15 heteroatoms. The van der Waals surface area contributed by atoms with Crippen molar-refractivity contribution >= 4 is 23.5 Å². The zero-order valence-electron chi connectivity index (χ0n) is 20.7. The molecule has 4 rings (SSSR count). The number of nitrogens with zero attached hydrogens (tertiary/aromatic N) is 2. The summed E-state index contributed by atoms with van der Waals surface area (Å²) in [5.41, 5.74) is -0.340. The maximum Gasteiger partial charge on any atom is 0.490 e. The molecule has 1 aromatic heterocycles. The topological polar surface area (TPSA) is 100.0 Å². The summed E-state index contributed by atoms with van der Waals surface area (Å²) >= 11 is 5.84. The molecule has 7 nitrogen and oxygen atoms in total. The van der Waals surface area contributed by atoms with Crippen LogP contribution in [0.25, 0.3) is 0 Å². The number of hydrogen-bond acceptors (Lipinski definition) is 5. The maximum atomic E-state index is 14.2. The minimum absolute atomic E-state index is 0.00299. The maximum absolute atomic E-state index is 14.2. The molecule has 2 aromatic rings. The van der Waals surface area contributed by atoms with Crippen molar-refractivity contribution in [2.75, 3.05) is 19.7 Å². The first-order chi connectivity index (χ1) is 18.5. The van der Waals surface area contributed by atoms with Gasteiger partial charge in [0.15, 0.2) is 0 Å². The lowest BCUT2D eigenvalue weighted by molar-refractivity contribution is -0.192. The summed E-state index contributed by atoms with van der Waals surface area (Å²) in [6, 6.07) is 4.80. The standard InChI is InChI=1S/C23H23ClF4N2O3.C2HF3O2/c24-15-7-16(29-21(8-15)23(26,27)28)11-30-5-3-13(4-6-30)12-33-20-10-19(25)18(22(31)32)9-17(20)14-1-2-14;3-2(4,5)1(6)7/h7-10,13-14H,1-6,11-12H2,(H,31,32);(H,6,7). The van der Waals surface area contributed by atoms with E-state index in [0.29, 0.717) is 25.4 Å². The molecular weight excluding hydrogens is 577 g/mol. The molecule has 0 atom stereocenters. The summed E-state index contributed by atoms with van der Waals surface area (Å²) in [6.45, 7) is 1.95. The Morgan fingerprint density at radius 1 is 1.00 bits per heavy atom. The van der Waals surface area contributed by atoms with E-state index in [1.54, 1.807) is 0 Å². The number of piperidine rings is 1. The van der Waals surface area contributed by atoms with Crippen LogP contribution in [0.4, 0.5) is 30.7 Å². The molecule has 0 unspecified atom stereocenters. The Balaban J connectivity index is 0.000000559. The van der Waals surface area contributed by atoms with Crippen LogP contribution in [0.5, 0.6) is 5.75 Å². The van der Waals surface area contributed by atoms with Gasteiger partial charge >= 0.3 is 24.3 Å². The lowest BCUT2D eigenvalue weighted by atomic mass is 9.97. The number of benzene rings is 1. The van der Waals surface area contributed by atoms with Gasteiger partial charge in [-0.2, -0.15) is 26.3 Å². The van der Waals surface area contributed by atoms with Crippen LogP contribution in [0.15, 0.2) is 24.3 Å². The molecule has 2 fully saturated rings. The molecule has 1 saturated heterocycles. The highest BCUT2D eigenvalue weighted by Crippen LogP contribution is 2.45. The number of aliphatic carboxylic acids is 1. The summed E-state index contributed by atoms with van der Waals surface area (Å²) < 4.78 is 90.7. The van der Waals surface area contributed by atoms with Gasteiger partial charge in [0.05, 0.1) is 17.9 Å². The van der Waals surface area contributed by atoms with Crippen LogP contribution >= 0.6 is 11.6 Å². The van der Waals surface area contributed by atoms with Crippen molar-refractivity contribution in [3.05, 3.63) is 57.6 Å². The van der Waals surface area contributed by atoms with E-state index in [9.17, 15) is 35.5 Å². The second-order valence-electron chi connectivity index (χ2n) is 9.44. The predicted octanol–water partition coefficient (Wildman–Crippen LogP) is 6.39. The number of ether oxygens (including phenoxy) is 1. The number of halogens is 8. The average Bonchev–Trinajstić information content (AvgIpc) is 3.68. The van der Waals surface area contributed by atoms with Crippen molar-refractivity contribution < 1.29 is 55.3 Å². The van der Waals surface area contributed by atoms with Crippen molar-refractivity contribution in [3.8, 4) is 5.75 Å². The molecular formula is C25H24ClF7N2O5. The van der Waals surface area contributed by atoms with E-state index in [1.807, 2.05) is 4.90 Å². The lowest BCUT2D eigenvalue weighted by Crippen LogP contribution is -2.35. The minimum Gasteiger partial charge on any atom is -0.493 e. The van der Waals surface area contributed by atoms with E-state index in [-0.39, 0.29) is 34.7 Å². The average molecular weight is 601 g/mol. The number of hydrogen-bond donors (Lipinski definition) is 2. The predicted molar refractivity (Wildman–Crippen MR) is 127 cm³/mol. The van der Waals surface area contributed by atoms with E-state index in [0.717, 1.165) is 43.4 Å². The van der Waals surface area contributed by atoms with E-state index < -0.39 is 35.8 Å². The third-order valence-electron chi connectivity index (χ3n) is 6.29. The van der Waals surface area contributed by atoms with Gasteiger partial charge in [-0.05, 0) is 74.4 Å². The van der Waals surface area contributed by atoms with Gasteiger partial charge < -0.3 is 14.9 Å². The highest BCUT2D eigenvalue weighted by molar-refractivity contribution is 6.30. The SMILES string of the molecule is O=C(O)C(F)(F)F.O=C(O)c1cc(C2CC2)c(OCC2CCN(Cc3cc(Cl)cc(C(F)(F)F)n3)CC2)cc1F. The van der Waals surface area contributed by atoms with Gasteiger partial charge in [0, 0.05) is 17.6 Å². The molecule has 1 saturated carbocycles. The molecule has 0 radical (unpaired) electrons. The largest absolute Gasteiger partial charge is 0.493 e. The summed E-state index contributed by atoms with van der Waals surface area (Å²) in [7, 11) is 0. The molecule has 0 spiro atoms. The number of likely N-dealkylation sites (tertiary alicyclic amines) is 1. The fourth-order valence-electron chi connectivity index (χ4n) is 4.10. The van der Waals surface area contributed by atoms with Crippen molar-refractivity contribution in [1.82, 2.24) is 9.88 Å². The third kappa shape index (κ3) is 8.95. The fourth-order valence-corrected chi connectivity index (χ4v) is 4.33. The van der Waals surface area contributed by atoms with E-state index in [1.165, 1.54) is 12.1 Å². The number of alkyl halides is 6. The summed E-state index contributed by atoms with van der Waals surface area (Å²) in [6.07, 6.45) is -6.26. The van der Waals surface area contributed by atoms with Gasteiger partial charge in [-0.15, -0.1) is 0 Å². The highest BCUT2D eigenvalue weighted by Gasteiger charge is 2.38. The molecule has 40 heavy (non-hydrogen) atoms. The molecule has 0 amide bonds. The van der Waals surface area contributed by atoms with Gasteiger partial charge in [-0.1, -0.05) is 11.6 Å². The van der Waals surface area contributed by atoms with Crippen molar-refractivity contribution in [2.24, 2.45) is 5.92 Å². The first-order valence-corrected chi connectivity index (χ1v) is 12.4. The highest BCUT2D eigenvalue weighted by atomic mass is 35.5. The summed E-state index contributed by atoms with van der Waals surface area (Å²) in [5, 5.41) is 16.3. The zero-order valence-corrected chi connectivity index (χ0v) is 21.4. The van der Waals surface area contributed by atoms with Crippen LogP contribution in [0, 0.1) is 11.7 Å². The molecule has 1 aliphatic heterocycles. The smallest absolute Gasteiger partial charge is 0.490 e. The zero-order chi connectivity index (χ0) is 29.8. The molecule has 2 N–H and O–H groups in total. The lowest BCUT2D eigenvalue weighted by Gasteiger charge is -2.31. The molecule has 2 heterocycles. The van der Waals surface area contributed by atoms with E-state index in [2.05, 4.69) is 4.98 Å². The van der Waals surface area contributed by atoms with Gasteiger partial charge in [0.2, 0.25) is 0 Å². The van der Waals surface area contributed by atoms with Crippen LogP contribution in [-0.4, -0.2) is 57.9 Å². The molecule has 2 aliphatic rings. The first-order valence-electron chi connectivity index (χ1n) is 12.0. The molecule has 1 aliphatic carbocycles. The third-order valence-corrected chi connectivity index (χ3v) is 6.51. The molecule has 1 aromatic carbocycles. The fraction of sp³-hybridized carbons (Fsp3) is 0.480. The van der Waals surface area contributed by atoms with Crippen LogP contribution in [0.3, 0.4) is 0 Å². The quantitative estimate of drug-likeness (QED) is 0.355. The van der Waals surface area contributed by atoms with Crippen LogP contribution < -0.4 is 4.74 Å².